The third-order valence-corrected chi connectivity index (χ3v) is 5.74. The fourth-order valence-corrected chi connectivity index (χ4v) is 4.14. The predicted octanol–water partition coefficient (Wildman–Crippen LogP) is 2.82. The lowest BCUT2D eigenvalue weighted by molar-refractivity contribution is -0.135. The van der Waals surface area contributed by atoms with Crippen LogP contribution in [-0.4, -0.2) is 37.1 Å². The standard InChI is InChI=1S/C12H15BrF3NO3S/c1-3-17(7-12(14,15)16)21(19,20)11-5-9(6-18)4-10(13)8(11)2/h4-5,18H,3,6-7H2,1-2H3. The number of rotatable bonds is 5. The van der Waals surface area contributed by atoms with Gasteiger partial charge in [0.25, 0.3) is 0 Å². The Morgan fingerprint density at radius 2 is 1.90 bits per heavy atom. The molecule has 0 fully saturated rings. The molecule has 1 aromatic rings. The quantitative estimate of drug-likeness (QED) is 0.842. The molecule has 0 aliphatic rings. The third kappa shape index (κ3) is 4.41. The summed E-state index contributed by atoms with van der Waals surface area (Å²) in [5.41, 5.74) is 0.599. The van der Waals surface area contributed by atoms with Gasteiger partial charge >= 0.3 is 6.18 Å². The number of aliphatic hydroxyl groups is 1. The molecule has 0 bridgehead atoms. The molecule has 0 spiro atoms. The zero-order valence-corrected chi connectivity index (χ0v) is 13.8. The van der Waals surface area contributed by atoms with E-state index in [0.29, 0.717) is 19.9 Å². The Morgan fingerprint density at radius 1 is 1.33 bits per heavy atom. The van der Waals surface area contributed by atoms with Gasteiger partial charge in [0.2, 0.25) is 10.0 Å². The molecule has 1 aromatic carbocycles. The Hall–Kier alpha value is -0.640. The van der Waals surface area contributed by atoms with Crippen LogP contribution in [0.5, 0.6) is 0 Å². The van der Waals surface area contributed by atoms with Gasteiger partial charge in [0.15, 0.2) is 0 Å². The lowest BCUT2D eigenvalue weighted by Gasteiger charge is -2.23. The van der Waals surface area contributed by atoms with Gasteiger partial charge in [-0.3, -0.25) is 0 Å². The zero-order chi connectivity index (χ0) is 16.4. The summed E-state index contributed by atoms with van der Waals surface area (Å²) in [6.07, 6.45) is -4.62. The monoisotopic (exact) mass is 389 g/mol. The summed E-state index contributed by atoms with van der Waals surface area (Å²) in [6.45, 7) is 0.560. The smallest absolute Gasteiger partial charge is 0.392 e. The van der Waals surface area contributed by atoms with E-state index < -0.39 is 29.4 Å². The molecule has 9 heteroatoms. The van der Waals surface area contributed by atoms with Crippen LogP contribution in [0.1, 0.15) is 18.1 Å². The van der Waals surface area contributed by atoms with E-state index in [0.717, 1.165) is 0 Å². The molecule has 0 heterocycles. The summed E-state index contributed by atoms with van der Waals surface area (Å²) in [5.74, 6) is 0. The van der Waals surface area contributed by atoms with E-state index in [4.69, 9.17) is 5.11 Å². The maximum Gasteiger partial charge on any atom is 0.402 e. The van der Waals surface area contributed by atoms with Crippen molar-refractivity contribution in [2.45, 2.75) is 31.5 Å². The Labute approximate surface area is 129 Å². The second-order valence-corrected chi connectivity index (χ2v) is 7.17. The van der Waals surface area contributed by atoms with E-state index in [-0.39, 0.29) is 11.4 Å². The summed E-state index contributed by atoms with van der Waals surface area (Å²) >= 11 is 3.15. The molecule has 0 radical (unpaired) electrons. The summed E-state index contributed by atoms with van der Waals surface area (Å²) < 4.78 is 63.1. The van der Waals surface area contributed by atoms with Crippen LogP contribution in [-0.2, 0) is 16.6 Å². The van der Waals surface area contributed by atoms with E-state index in [1.54, 1.807) is 0 Å². The number of hydrogen-bond donors (Lipinski definition) is 1. The van der Waals surface area contributed by atoms with Gasteiger partial charge in [0.05, 0.1) is 11.5 Å². The average molecular weight is 390 g/mol. The van der Waals surface area contributed by atoms with Crippen LogP contribution in [0.15, 0.2) is 21.5 Å². The number of halogens is 4. The van der Waals surface area contributed by atoms with Gasteiger partial charge < -0.3 is 5.11 Å². The fraction of sp³-hybridized carbons (Fsp3) is 0.500. The van der Waals surface area contributed by atoms with E-state index in [1.165, 1.54) is 26.0 Å². The lowest BCUT2D eigenvalue weighted by Crippen LogP contribution is -2.39. The minimum absolute atomic E-state index is 0.243. The van der Waals surface area contributed by atoms with E-state index in [9.17, 15) is 21.6 Å². The number of hydrogen-bond acceptors (Lipinski definition) is 3. The summed E-state index contributed by atoms with van der Waals surface area (Å²) in [5, 5.41) is 9.12. The van der Waals surface area contributed by atoms with Gasteiger partial charge in [0.1, 0.15) is 6.54 Å². The normalized spacial score (nSPS) is 13.0. The van der Waals surface area contributed by atoms with Crippen molar-refractivity contribution in [2.24, 2.45) is 0 Å². The van der Waals surface area contributed by atoms with Crippen LogP contribution in [0, 0.1) is 6.92 Å². The number of alkyl halides is 3. The highest BCUT2D eigenvalue weighted by molar-refractivity contribution is 9.10. The van der Waals surface area contributed by atoms with Crippen molar-refractivity contribution in [1.82, 2.24) is 4.31 Å². The van der Waals surface area contributed by atoms with Gasteiger partial charge in [0, 0.05) is 11.0 Å². The molecule has 0 amide bonds. The maximum atomic E-state index is 12.5. The molecule has 120 valence electrons. The SMILES string of the molecule is CCN(CC(F)(F)F)S(=O)(=O)c1cc(CO)cc(Br)c1C. The second kappa shape index (κ2) is 6.64. The highest BCUT2D eigenvalue weighted by Crippen LogP contribution is 2.29. The zero-order valence-electron chi connectivity index (χ0n) is 11.4. The van der Waals surface area contributed by atoms with Gasteiger partial charge in [-0.2, -0.15) is 17.5 Å². The highest BCUT2D eigenvalue weighted by atomic mass is 79.9. The minimum Gasteiger partial charge on any atom is -0.392 e. The molecule has 4 nitrogen and oxygen atoms in total. The van der Waals surface area contributed by atoms with Gasteiger partial charge in [-0.05, 0) is 30.2 Å². The van der Waals surface area contributed by atoms with E-state index >= 15 is 0 Å². The Kier molecular flexibility index (Phi) is 5.82. The van der Waals surface area contributed by atoms with Crippen molar-refractivity contribution in [1.29, 1.82) is 0 Å². The topological polar surface area (TPSA) is 57.6 Å². The fourth-order valence-electron chi connectivity index (χ4n) is 1.77. The van der Waals surface area contributed by atoms with Crippen LogP contribution in [0.3, 0.4) is 0 Å². The Balaban J connectivity index is 3.38. The number of aliphatic hydroxyl groups excluding tert-OH is 1. The Morgan fingerprint density at radius 3 is 2.33 bits per heavy atom. The van der Waals surface area contributed by atoms with Gasteiger partial charge in [-0.15, -0.1) is 0 Å². The molecule has 0 saturated heterocycles. The first-order valence-corrected chi connectivity index (χ1v) is 8.23. The van der Waals surface area contributed by atoms with E-state index in [1.807, 2.05) is 0 Å². The molecule has 0 unspecified atom stereocenters. The minimum atomic E-state index is -4.62. The number of sulfonamides is 1. The summed E-state index contributed by atoms with van der Waals surface area (Å²) in [7, 11) is -4.30. The number of benzene rings is 1. The molecule has 0 aromatic heterocycles. The molecule has 0 saturated carbocycles. The van der Waals surface area contributed by atoms with Crippen molar-refractivity contribution in [2.75, 3.05) is 13.1 Å². The molecule has 1 rings (SSSR count). The van der Waals surface area contributed by atoms with Gasteiger partial charge in [-0.25, -0.2) is 8.42 Å². The van der Waals surface area contributed by atoms with Crippen LogP contribution in [0.2, 0.25) is 0 Å². The summed E-state index contributed by atoms with van der Waals surface area (Å²) in [4.78, 5) is -0.243. The van der Waals surface area contributed by atoms with Crippen LogP contribution >= 0.6 is 15.9 Å². The summed E-state index contributed by atoms with van der Waals surface area (Å²) in [6, 6.07) is 2.71. The first-order chi connectivity index (χ1) is 9.52. The molecule has 0 atom stereocenters. The van der Waals surface area contributed by atoms with Crippen molar-refractivity contribution < 1.29 is 26.7 Å². The van der Waals surface area contributed by atoms with Gasteiger partial charge in [-0.1, -0.05) is 22.9 Å². The van der Waals surface area contributed by atoms with Crippen LogP contribution < -0.4 is 0 Å². The van der Waals surface area contributed by atoms with Crippen LogP contribution in [0.4, 0.5) is 13.2 Å². The molecule has 21 heavy (non-hydrogen) atoms. The molecular formula is C12H15BrF3NO3S. The largest absolute Gasteiger partial charge is 0.402 e. The van der Waals surface area contributed by atoms with Crippen LogP contribution in [0.25, 0.3) is 0 Å². The maximum absolute atomic E-state index is 12.5. The molecule has 0 aliphatic heterocycles. The second-order valence-electron chi connectivity index (χ2n) is 4.41. The first kappa shape index (κ1) is 18.4. The highest BCUT2D eigenvalue weighted by Gasteiger charge is 2.37. The first-order valence-electron chi connectivity index (χ1n) is 5.99. The number of nitrogens with zero attached hydrogens (tertiary/aromatic N) is 1. The lowest BCUT2D eigenvalue weighted by atomic mass is 10.2. The van der Waals surface area contributed by atoms with Crippen molar-refractivity contribution in [3.8, 4) is 0 Å². The predicted molar refractivity (Wildman–Crippen MR) is 75.3 cm³/mol. The molecule has 0 aliphatic carbocycles. The molecular weight excluding hydrogens is 375 g/mol. The molecule has 1 N–H and O–H groups in total. The third-order valence-electron chi connectivity index (χ3n) is 2.87. The van der Waals surface area contributed by atoms with E-state index in [2.05, 4.69) is 15.9 Å². The Bertz CT molecular complexity index is 617. The van der Waals surface area contributed by atoms with Crippen molar-refractivity contribution >= 4 is 26.0 Å². The average Bonchev–Trinajstić information content (AvgIpc) is 2.37. The van der Waals surface area contributed by atoms with Crippen molar-refractivity contribution in [3.63, 3.8) is 0 Å². The van der Waals surface area contributed by atoms with Crippen molar-refractivity contribution in [3.05, 3.63) is 27.7 Å².